The van der Waals surface area contributed by atoms with E-state index in [9.17, 15) is 9.18 Å². The molecule has 1 rings (SSSR count). The van der Waals surface area contributed by atoms with E-state index < -0.39 is 11.7 Å². The average Bonchev–Trinajstić information content (AvgIpc) is 2.28. The second-order valence-electron chi connectivity index (χ2n) is 5.12. The predicted molar refractivity (Wildman–Crippen MR) is 84.1 cm³/mol. The number of rotatable bonds is 3. The van der Waals surface area contributed by atoms with Gasteiger partial charge in [-0.3, -0.25) is 4.90 Å². The summed E-state index contributed by atoms with van der Waals surface area (Å²) in [5.74, 6) is -0.361. The summed E-state index contributed by atoms with van der Waals surface area (Å²) in [6, 6.07) is 6.31. The molecular formula is C14H16Br2FNO2. The molecule has 0 unspecified atom stereocenters. The van der Waals surface area contributed by atoms with Gasteiger partial charge in [0.05, 0.1) is 9.94 Å². The Labute approximate surface area is 135 Å². The number of benzene rings is 1. The van der Waals surface area contributed by atoms with Gasteiger partial charge >= 0.3 is 6.09 Å². The molecule has 1 amide bonds. The molecule has 110 valence electrons. The molecule has 0 aliphatic carbocycles. The van der Waals surface area contributed by atoms with Crippen molar-refractivity contribution in [3.63, 3.8) is 0 Å². The van der Waals surface area contributed by atoms with Gasteiger partial charge in [-0.1, -0.05) is 18.2 Å². The number of ether oxygens (including phenoxy) is 1. The number of halogens is 3. The van der Waals surface area contributed by atoms with Crippen LogP contribution in [-0.4, -0.2) is 16.6 Å². The smallest absolute Gasteiger partial charge is 0.414 e. The molecule has 0 saturated heterocycles. The average molecular weight is 409 g/mol. The van der Waals surface area contributed by atoms with Crippen molar-refractivity contribution in [2.24, 2.45) is 0 Å². The first-order valence-electron chi connectivity index (χ1n) is 5.95. The van der Waals surface area contributed by atoms with Gasteiger partial charge < -0.3 is 4.74 Å². The first-order chi connectivity index (χ1) is 9.19. The fourth-order valence-corrected chi connectivity index (χ4v) is 1.91. The lowest BCUT2D eigenvalue weighted by Crippen LogP contribution is -2.33. The fourth-order valence-electron chi connectivity index (χ4n) is 1.41. The highest BCUT2D eigenvalue weighted by Crippen LogP contribution is 2.19. The Kier molecular flexibility index (Phi) is 6.20. The maximum Gasteiger partial charge on any atom is 0.414 e. The zero-order valence-corrected chi connectivity index (χ0v) is 14.7. The number of hydrogen-bond donors (Lipinski definition) is 0. The van der Waals surface area contributed by atoms with E-state index in [-0.39, 0.29) is 12.4 Å². The topological polar surface area (TPSA) is 29.5 Å². The van der Waals surface area contributed by atoms with E-state index in [4.69, 9.17) is 4.74 Å². The molecule has 0 heterocycles. The summed E-state index contributed by atoms with van der Waals surface area (Å²) in [6.07, 6.45) is 0.956. The van der Waals surface area contributed by atoms with Crippen LogP contribution in [0.2, 0.25) is 0 Å². The highest BCUT2D eigenvalue weighted by molar-refractivity contribution is 9.28. The van der Waals surface area contributed by atoms with Gasteiger partial charge in [0.25, 0.3) is 0 Å². The van der Waals surface area contributed by atoms with Crippen molar-refractivity contribution < 1.29 is 13.9 Å². The van der Waals surface area contributed by atoms with Crippen molar-refractivity contribution in [1.29, 1.82) is 0 Å². The summed E-state index contributed by atoms with van der Waals surface area (Å²) in [7, 11) is 0. The minimum Gasteiger partial charge on any atom is -0.443 e. The lowest BCUT2D eigenvalue weighted by Gasteiger charge is -2.25. The summed E-state index contributed by atoms with van der Waals surface area (Å²) in [4.78, 5) is 13.4. The second-order valence-corrected chi connectivity index (χ2v) is 7.89. The Morgan fingerprint density at radius 3 is 2.45 bits per heavy atom. The van der Waals surface area contributed by atoms with Crippen LogP contribution in [0.5, 0.6) is 0 Å². The highest BCUT2D eigenvalue weighted by Gasteiger charge is 2.22. The van der Waals surface area contributed by atoms with Crippen LogP contribution in [-0.2, 0) is 11.3 Å². The molecule has 3 nitrogen and oxygen atoms in total. The van der Waals surface area contributed by atoms with E-state index in [0.29, 0.717) is 8.96 Å². The van der Waals surface area contributed by atoms with Crippen molar-refractivity contribution in [1.82, 2.24) is 4.90 Å². The summed E-state index contributed by atoms with van der Waals surface area (Å²) in [6.45, 7) is 5.42. The number of carbonyl (C=O) groups is 1. The Bertz CT molecular complexity index is 508. The van der Waals surface area contributed by atoms with E-state index in [2.05, 4.69) is 31.9 Å². The molecule has 0 N–H and O–H groups in total. The molecule has 0 aliphatic rings. The number of nitrogens with zero attached hydrogens (tertiary/aromatic N) is 1. The van der Waals surface area contributed by atoms with Gasteiger partial charge in [0.1, 0.15) is 11.4 Å². The largest absolute Gasteiger partial charge is 0.443 e. The third-order valence-corrected chi connectivity index (χ3v) is 2.59. The van der Waals surface area contributed by atoms with Crippen LogP contribution in [0.25, 0.3) is 0 Å². The molecule has 0 saturated carbocycles. The SMILES string of the molecule is CC(C)(C)OC(=O)N(C=C(Br)Br)Cc1ccccc1F. The van der Waals surface area contributed by atoms with Crippen molar-refractivity contribution in [3.8, 4) is 0 Å². The Balaban J connectivity index is 2.94. The Morgan fingerprint density at radius 1 is 1.35 bits per heavy atom. The van der Waals surface area contributed by atoms with Gasteiger partial charge in [-0.2, -0.15) is 0 Å². The number of amides is 1. The van der Waals surface area contributed by atoms with E-state index in [0.717, 1.165) is 0 Å². The molecule has 6 heteroatoms. The van der Waals surface area contributed by atoms with Gasteiger partial charge in [-0.15, -0.1) is 0 Å². The third-order valence-electron chi connectivity index (χ3n) is 2.18. The number of carbonyl (C=O) groups excluding carboxylic acids is 1. The summed E-state index contributed by atoms with van der Waals surface area (Å²) in [5.41, 5.74) is -0.201. The Hall–Kier alpha value is -0.880. The molecule has 0 radical (unpaired) electrons. The van der Waals surface area contributed by atoms with Gasteiger partial charge in [-0.05, 0) is 58.7 Å². The summed E-state index contributed by atoms with van der Waals surface area (Å²) in [5, 5.41) is 0. The van der Waals surface area contributed by atoms with Crippen LogP contribution in [0.1, 0.15) is 26.3 Å². The zero-order valence-electron chi connectivity index (χ0n) is 11.5. The van der Waals surface area contributed by atoms with E-state index in [1.807, 2.05) is 0 Å². The molecular weight excluding hydrogens is 393 g/mol. The molecule has 1 aromatic rings. The van der Waals surface area contributed by atoms with Crippen LogP contribution in [0, 0.1) is 5.82 Å². The summed E-state index contributed by atoms with van der Waals surface area (Å²) >= 11 is 6.38. The lowest BCUT2D eigenvalue weighted by atomic mass is 10.2. The van der Waals surface area contributed by atoms with Gasteiger partial charge in [0.15, 0.2) is 0 Å². The van der Waals surface area contributed by atoms with Crippen LogP contribution in [0.4, 0.5) is 9.18 Å². The van der Waals surface area contributed by atoms with Crippen LogP contribution in [0.3, 0.4) is 0 Å². The van der Waals surface area contributed by atoms with Gasteiger partial charge in [0.2, 0.25) is 0 Å². The van der Waals surface area contributed by atoms with Crippen LogP contribution >= 0.6 is 31.9 Å². The molecule has 0 bridgehead atoms. The maximum absolute atomic E-state index is 13.7. The normalized spacial score (nSPS) is 10.9. The Morgan fingerprint density at radius 2 is 1.95 bits per heavy atom. The first kappa shape index (κ1) is 17.2. The van der Waals surface area contributed by atoms with Gasteiger partial charge in [0, 0.05) is 11.8 Å². The summed E-state index contributed by atoms with van der Waals surface area (Å²) < 4.78 is 19.5. The van der Waals surface area contributed by atoms with Gasteiger partial charge in [-0.25, -0.2) is 9.18 Å². The van der Waals surface area contributed by atoms with Crippen molar-refractivity contribution >= 4 is 38.0 Å². The van der Waals surface area contributed by atoms with E-state index in [1.165, 1.54) is 17.2 Å². The van der Waals surface area contributed by atoms with E-state index in [1.54, 1.807) is 39.0 Å². The zero-order chi connectivity index (χ0) is 15.3. The van der Waals surface area contributed by atoms with Crippen LogP contribution in [0.15, 0.2) is 33.9 Å². The molecule has 0 aromatic heterocycles. The minimum atomic E-state index is -0.614. The quantitative estimate of drug-likeness (QED) is 0.691. The van der Waals surface area contributed by atoms with Crippen molar-refractivity contribution in [2.45, 2.75) is 32.9 Å². The molecule has 0 atom stereocenters. The fraction of sp³-hybridized carbons (Fsp3) is 0.357. The predicted octanol–water partition coefficient (Wildman–Crippen LogP) is 5.15. The van der Waals surface area contributed by atoms with E-state index >= 15 is 0 Å². The second kappa shape index (κ2) is 7.22. The van der Waals surface area contributed by atoms with Crippen LogP contribution < -0.4 is 0 Å². The van der Waals surface area contributed by atoms with Crippen molar-refractivity contribution in [2.75, 3.05) is 0 Å². The monoisotopic (exact) mass is 407 g/mol. The van der Waals surface area contributed by atoms with Crippen molar-refractivity contribution in [3.05, 3.63) is 45.2 Å². The maximum atomic E-state index is 13.7. The third kappa shape index (κ3) is 6.05. The molecule has 0 spiro atoms. The standard InChI is InChI=1S/C14H16Br2FNO2/c1-14(2,3)20-13(19)18(9-12(15)16)8-10-6-4-5-7-11(10)17/h4-7,9H,8H2,1-3H3. The number of hydrogen-bond acceptors (Lipinski definition) is 2. The molecule has 1 aromatic carbocycles. The molecule has 20 heavy (non-hydrogen) atoms. The highest BCUT2D eigenvalue weighted by atomic mass is 79.9. The lowest BCUT2D eigenvalue weighted by molar-refractivity contribution is 0.0322. The first-order valence-corrected chi connectivity index (χ1v) is 7.53. The molecule has 0 fully saturated rings. The minimum absolute atomic E-state index is 0.0856. The molecule has 0 aliphatic heterocycles.